The summed E-state index contributed by atoms with van der Waals surface area (Å²) in [7, 11) is 1.50. The van der Waals surface area contributed by atoms with Crippen LogP contribution < -0.4 is 5.32 Å². The van der Waals surface area contributed by atoms with E-state index in [2.05, 4.69) is 10.5 Å². The number of hydrogen-bond donors (Lipinski definition) is 1. The van der Waals surface area contributed by atoms with Crippen molar-refractivity contribution >= 4 is 29.8 Å². The molecule has 4 rings (SSSR count). The number of benzene rings is 2. The predicted molar refractivity (Wildman–Crippen MR) is 178 cm³/mol. The molecular formula is C35H45F2N5O7. The van der Waals surface area contributed by atoms with Crippen molar-refractivity contribution in [1.29, 1.82) is 0 Å². The van der Waals surface area contributed by atoms with Crippen LogP contribution in [0.15, 0.2) is 59.1 Å². The van der Waals surface area contributed by atoms with Crippen LogP contribution in [0.3, 0.4) is 0 Å². The van der Waals surface area contributed by atoms with Crippen molar-refractivity contribution < 1.29 is 42.0 Å². The average Bonchev–Trinajstić information content (AvgIpc) is 3.53. The molecule has 2 aromatic carbocycles. The summed E-state index contributed by atoms with van der Waals surface area (Å²) >= 11 is 0. The number of anilines is 1. The van der Waals surface area contributed by atoms with E-state index in [0.717, 1.165) is 11.6 Å². The van der Waals surface area contributed by atoms with Crippen molar-refractivity contribution in [3.8, 4) is 11.3 Å². The maximum atomic E-state index is 14.2. The predicted octanol–water partition coefficient (Wildman–Crippen LogP) is 6.12. The van der Waals surface area contributed by atoms with Crippen molar-refractivity contribution in [3.05, 3.63) is 71.8 Å². The molecule has 2 heterocycles. The lowest BCUT2D eigenvalue weighted by Crippen LogP contribution is -2.51. The van der Waals surface area contributed by atoms with Gasteiger partial charge in [0.1, 0.15) is 12.2 Å². The van der Waals surface area contributed by atoms with Gasteiger partial charge in [-0.1, -0.05) is 55.0 Å². The third-order valence-corrected chi connectivity index (χ3v) is 7.76. The van der Waals surface area contributed by atoms with E-state index in [9.17, 15) is 28.0 Å². The van der Waals surface area contributed by atoms with Crippen molar-refractivity contribution in [2.45, 2.75) is 65.5 Å². The van der Waals surface area contributed by atoms with Crippen LogP contribution in [0.25, 0.3) is 11.3 Å². The Hall–Kier alpha value is -5.01. The average molecular weight is 686 g/mol. The summed E-state index contributed by atoms with van der Waals surface area (Å²) in [5, 5.41) is 6.34. The van der Waals surface area contributed by atoms with Crippen LogP contribution in [0.1, 0.15) is 53.0 Å². The molecule has 49 heavy (non-hydrogen) atoms. The first-order valence-electron chi connectivity index (χ1n) is 15.7. The molecule has 1 saturated heterocycles. The van der Waals surface area contributed by atoms with E-state index in [1.54, 1.807) is 30.6 Å². The van der Waals surface area contributed by atoms with Crippen molar-refractivity contribution in [2.24, 2.45) is 0 Å². The molecule has 14 heteroatoms. The van der Waals surface area contributed by atoms with Crippen LogP contribution in [0, 0.1) is 11.6 Å². The Morgan fingerprint density at radius 3 is 2.33 bits per heavy atom. The molecule has 1 aliphatic rings. The van der Waals surface area contributed by atoms with Gasteiger partial charge in [0.25, 0.3) is 0 Å². The Morgan fingerprint density at radius 1 is 0.980 bits per heavy atom. The Morgan fingerprint density at radius 2 is 1.65 bits per heavy atom. The second-order valence-electron chi connectivity index (χ2n) is 12.4. The minimum absolute atomic E-state index is 0. The number of ether oxygens (including phenoxy) is 2. The zero-order valence-electron chi connectivity index (χ0n) is 27.5. The number of piperazine rings is 1. The first-order valence-corrected chi connectivity index (χ1v) is 15.7. The molecule has 0 radical (unpaired) electrons. The highest BCUT2D eigenvalue weighted by Gasteiger charge is 2.29. The van der Waals surface area contributed by atoms with Crippen LogP contribution in [0.2, 0.25) is 0 Å². The number of nitrogens with one attached hydrogen (secondary N) is 1. The van der Waals surface area contributed by atoms with E-state index >= 15 is 0 Å². The summed E-state index contributed by atoms with van der Waals surface area (Å²) in [5.41, 5.74) is 0.195. The third kappa shape index (κ3) is 11.3. The fraction of sp³-hybridized carbons (Fsp3) is 0.457. The second kappa shape index (κ2) is 17.4. The second-order valence-corrected chi connectivity index (χ2v) is 12.4. The summed E-state index contributed by atoms with van der Waals surface area (Å²) in [6.45, 7) is 6.36. The molecule has 1 atom stereocenters. The summed E-state index contributed by atoms with van der Waals surface area (Å²) in [4.78, 5) is 55.9. The Balaban J connectivity index is 0.00000650. The monoisotopic (exact) mass is 685 g/mol. The molecule has 1 aromatic heterocycles. The Labute approximate surface area is 285 Å². The number of amides is 4. The molecule has 0 aliphatic carbocycles. The van der Waals surface area contributed by atoms with Gasteiger partial charge in [0.2, 0.25) is 11.8 Å². The number of nitrogens with zero attached hydrogens (tertiary/aromatic N) is 4. The van der Waals surface area contributed by atoms with Gasteiger partial charge in [-0.05, 0) is 45.2 Å². The molecular weight excluding hydrogens is 640 g/mol. The fourth-order valence-corrected chi connectivity index (χ4v) is 5.05. The van der Waals surface area contributed by atoms with Crippen LogP contribution in [-0.2, 0) is 25.5 Å². The molecule has 0 unspecified atom stereocenters. The molecule has 1 fully saturated rings. The van der Waals surface area contributed by atoms with Crippen LogP contribution in [0.5, 0.6) is 0 Å². The first kappa shape index (κ1) is 38.4. The van der Waals surface area contributed by atoms with Crippen LogP contribution >= 0.6 is 0 Å². The Kier molecular flexibility index (Phi) is 13.7. The number of rotatable bonds is 11. The first-order chi connectivity index (χ1) is 22.8. The highest BCUT2D eigenvalue weighted by molar-refractivity contribution is 5.84. The fourth-order valence-electron chi connectivity index (χ4n) is 5.05. The maximum Gasteiger partial charge on any atom is 0.412 e. The van der Waals surface area contributed by atoms with Crippen LogP contribution in [-0.4, -0.2) is 95.3 Å². The number of likely N-dealkylation sites (N-methyl/N-ethyl adjacent to an activating group) is 1. The quantitative estimate of drug-likeness (QED) is 0.255. The molecule has 12 nitrogen and oxygen atoms in total. The van der Waals surface area contributed by atoms with Crippen molar-refractivity contribution in [2.75, 3.05) is 45.2 Å². The van der Waals surface area contributed by atoms with E-state index in [0.29, 0.717) is 31.9 Å². The normalized spacial score (nSPS) is 13.6. The molecule has 1 N–H and O–H groups in total. The van der Waals surface area contributed by atoms with Crippen molar-refractivity contribution in [1.82, 2.24) is 19.9 Å². The number of carbonyl (C=O) groups is 4. The van der Waals surface area contributed by atoms with Gasteiger partial charge in [-0.3, -0.25) is 14.9 Å². The molecule has 0 saturated carbocycles. The van der Waals surface area contributed by atoms with E-state index < -0.39 is 41.4 Å². The van der Waals surface area contributed by atoms with E-state index in [-0.39, 0.29) is 57.0 Å². The van der Waals surface area contributed by atoms with E-state index in [4.69, 9.17) is 14.0 Å². The minimum atomic E-state index is -1.01. The van der Waals surface area contributed by atoms with Gasteiger partial charge in [0.05, 0.1) is 6.04 Å². The molecule has 1 aliphatic heterocycles. The Bertz CT molecular complexity index is 1570. The number of aryl methyl sites for hydroxylation is 1. The number of hydrogen-bond acceptors (Lipinski definition) is 8. The SMILES string of the molecule is C.CN(C(=O)CCc1cccc(F)c1F)[C@@H](CCC(=O)N1CCN(C(=O)OC(C)(C)C)CC1)COC(=O)Nc1cc(-c2ccccc2)on1. The van der Waals surface area contributed by atoms with Gasteiger partial charge in [0.15, 0.2) is 23.2 Å². The lowest BCUT2D eigenvalue weighted by Gasteiger charge is -2.36. The van der Waals surface area contributed by atoms with E-state index in [1.165, 1.54) is 30.1 Å². The topological polar surface area (TPSA) is 135 Å². The third-order valence-electron chi connectivity index (χ3n) is 7.76. The highest BCUT2D eigenvalue weighted by atomic mass is 19.2. The van der Waals surface area contributed by atoms with Gasteiger partial charge >= 0.3 is 12.2 Å². The number of carbonyl (C=O) groups excluding carboxylic acids is 4. The standard InChI is InChI=1S/C34H41F2N5O7.CH4/c1-34(2,3)47-33(45)41-19-17-40(18-20-41)30(43)16-14-25(39(4)29(42)15-13-24-11-8-12-26(35)31(24)36)22-46-32(44)37-28-21-27(48-38-28)23-9-6-5-7-10-23;/h5-12,21,25H,13-20,22H2,1-4H3,(H,37,38,44);1H4/t25-;/m0./s1. The lowest BCUT2D eigenvalue weighted by atomic mass is 10.1. The van der Waals surface area contributed by atoms with Gasteiger partial charge in [0, 0.05) is 57.7 Å². The highest BCUT2D eigenvalue weighted by Crippen LogP contribution is 2.22. The molecule has 3 aromatic rings. The summed E-state index contributed by atoms with van der Waals surface area (Å²) in [5.74, 6) is -2.04. The summed E-state index contributed by atoms with van der Waals surface area (Å²) in [6.07, 6.45) is -1.29. The van der Waals surface area contributed by atoms with Gasteiger partial charge in [-0.25, -0.2) is 18.4 Å². The molecule has 0 bridgehead atoms. The smallest absolute Gasteiger partial charge is 0.412 e. The molecule has 0 spiro atoms. The summed E-state index contributed by atoms with van der Waals surface area (Å²) in [6, 6.07) is 13.8. The zero-order valence-corrected chi connectivity index (χ0v) is 27.5. The molecule has 266 valence electrons. The van der Waals surface area contributed by atoms with Crippen molar-refractivity contribution in [3.63, 3.8) is 0 Å². The van der Waals surface area contributed by atoms with Gasteiger partial charge < -0.3 is 28.7 Å². The zero-order chi connectivity index (χ0) is 34.8. The van der Waals surface area contributed by atoms with Gasteiger partial charge in [-0.15, -0.1) is 0 Å². The molecule has 4 amide bonds. The van der Waals surface area contributed by atoms with Gasteiger partial charge in [-0.2, -0.15) is 0 Å². The number of halogens is 2. The maximum absolute atomic E-state index is 14.2. The summed E-state index contributed by atoms with van der Waals surface area (Å²) < 4.78 is 44.0. The van der Waals surface area contributed by atoms with Crippen LogP contribution in [0.4, 0.5) is 24.2 Å². The lowest BCUT2D eigenvalue weighted by molar-refractivity contribution is -0.136. The minimum Gasteiger partial charge on any atom is -0.447 e. The number of aromatic nitrogens is 1. The largest absolute Gasteiger partial charge is 0.447 e. The van der Waals surface area contributed by atoms with E-state index in [1.807, 2.05) is 30.3 Å².